The second-order valence-electron chi connectivity index (χ2n) is 7.78. The van der Waals surface area contributed by atoms with Crippen LogP contribution in [-0.4, -0.2) is 32.4 Å². The first kappa shape index (κ1) is 16.5. The quantitative estimate of drug-likeness (QED) is 0.449. The third kappa shape index (κ3) is 2.67. The number of hydrogen-bond donors (Lipinski definition) is 0. The lowest BCUT2D eigenvalue weighted by atomic mass is 10.1. The lowest BCUT2D eigenvalue weighted by molar-refractivity contribution is 0.628. The lowest BCUT2D eigenvalue weighted by Gasteiger charge is -2.20. The zero-order valence-electron chi connectivity index (χ0n) is 15.9. The van der Waals surface area contributed by atoms with Crippen LogP contribution in [0.1, 0.15) is 18.4 Å². The van der Waals surface area contributed by atoms with Crippen LogP contribution in [0, 0.1) is 5.82 Å². The Morgan fingerprint density at radius 3 is 2.55 bits per heavy atom. The number of halogens is 1. The van der Waals surface area contributed by atoms with Crippen molar-refractivity contribution in [1.82, 2.24) is 19.3 Å². The van der Waals surface area contributed by atoms with Gasteiger partial charge < -0.3 is 9.47 Å². The topological polar surface area (TPSA) is 38.9 Å². The first-order valence-electron chi connectivity index (χ1n) is 10.0. The van der Waals surface area contributed by atoms with E-state index in [2.05, 4.69) is 54.7 Å². The average Bonchev–Trinajstić information content (AvgIpc) is 3.48. The molecule has 2 aliphatic heterocycles. The van der Waals surface area contributed by atoms with E-state index in [1.165, 1.54) is 36.2 Å². The number of fused-ring (bicyclic) bond motifs is 5. The van der Waals surface area contributed by atoms with Crippen LogP contribution in [0.25, 0.3) is 28.3 Å². The number of nitrogens with zero attached hydrogens (tertiary/aromatic N) is 5. The number of anilines is 1. The van der Waals surface area contributed by atoms with E-state index in [0.717, 1.165) is 48.0 Å². The van der Waals surface area contributed by atoms with Gasteiger partial charge in [-0.25, -0.2) is 4.39 Å². The summed E-state index contributed by atoms with van der Waals surface area (Å²) in [6.07, 6.45) is 6.42. The minimum atomic E-state index is -0.224. The van der Waals surface area contributed by atoms with Gasteiger partial charge in [0, 0.05) is 37.1 Å². The van der Waals surface area contributed by atoms with Crippen LogP contribution in [0.2, 0.25) is 0 Å². The summed E-state index contributed by atoms with van der Waals surface area (Å²) in [5.74, 6) is 0.601. The molecule has 5 nitrogen and oxygen atoms in total. The van der Waals surface area contributed by atoms with Gasteiger partial charge in [-0.05, 0) is 60.4 Å². The van der Waals surface area contributed by atoms with Crippen molar-refractivity contribution in [3.8, 4) is 28.3 Å². The Balaban J connectivity index is 1.48. The standard InChI is InChI=1S/C23H20FN5/c24-19-5-3-16(4-6-19)17-12-22-23-26-25-15-29(23)21-8-7-20(27-9-1-2-10-27)11-18(21)14-28(22)13-17/h3-8,11-13,15H,1-2,9-10,14H2. The molecule has 0 saturated carbocycles. The number of rotatable bonds is 2. The largest absolute Gasteiger partial charge is 0.372 e. The van der Waals surface area contributed by atoms with Crippen molar-refractivity contribution < 1.29 is 4.39 Å². The van der Waals surface area contributed by atoms with Crippen molar-refractivity contribution in [3.05, 3.63) is 72.4 Å². The van der Waals surface area contributed by atoms with Gasteiger partial charge in [0.2, 0.25) is 0 Å². The molecule has 4 aromatic rings. The molecule has 0 unspecified atom stereocenters. The molecule has 0 bridgehead atoms. The molecular formula is C23H20FN5. The molecule has 0 amide bonds. The molecule has 29 heavy (non-hydrogen) atoms. The molecular weight excluding hydrogens is 365 g/mol. The highest BCUT2D eigenvalue weighted by atomic mass is 19.1. The summed E-state index contributed by atoms with van der Waals surface area (Å²) in [5.41, 5.74) is 6.71. The van der Waals surface area contributed by atoms with E-state index in [-0.39, 0.29) is 5.82 Å². The van der Waals surface area contributed by atoms with Crippen molar-refractivity contribution >= 4 is 5.69 Å². The van der Waals surface area contributed by atoms with E-state index >= 15 is 0 Å². The zero-order chi connectivity index (χ0) is 19.4. The van der Waals surface area contributed by atoms with Gasteiger partial charge in [0.1, 0.15) is 12.1 Å². The van der Waals surface area contributed by atoms with E-state index in [9.17, 15) is 4.39 Å². The maximum absolute atomic E-state index is 13.3. The molecule has 6 heteroatoms. The fraction of sp³-hybridized carbons (Fsp3) is 0.217. The van der Waals surface area contributed by atoms with Crippen molar-refractivity contribution in [1.29, 1.82) is 0 Å². The van der Waals surface area contributed by atoms with E-state index in [0.29, 0.717) is 0 Å². The van der Waals surface area contributed by atoms with Gasteiger partial charge in [-0.1, -0.05) is 12.1 Å². The zero-order valence-corrected chi connectivity index (χ0v) is 15.9. The Morgan fingerprint density at radius 2 is 1.72 bits per heavy atom. The normalized spacial score (nSPS) is 15.0. The monoisotopic (exact) mass is 385 g/mol. The Morgan fingerprint density at radius 1 is 0.897 bits per heavy atom. The predicted octanol–water partition coefficient (Wildman–Crippen LogP) is 4.50. The molecule has 6 rings (SSSR count). The number of benzene rings is 2. The molecule has 2 aliphatic rings. The summed E-state index contributed by atoms with van der Waals surface area (Å²) in [5, 5.41) is 8.58. The second kappa shape index (κ2) is 6.30. The Kier molecular flexibility index (Phi) is 3.59. The van der Waals surface area contributed by atoms with Crippen LogP contribution in [-0.2, 0) is 6.54 Å². The molecule has 1 saturated heterocycles. The Hall–Kier alpha value is -3.41. The van der Waals surface area contributed by atoms with E-state index < -0.39 is 0 Å². The molecule has 0 atom stereocenters. The van der Waals surface area contributed by atoms with Crippen LogP contribution >= 0.6 is 0 Å². The maximum Gasteiger partial charge on any atom is 0.185 e. The molecule has 0 radical (unpaired) electrons. The van der Waals surface area contributed by atoms with Gasteiger partial charge in [0.15, 0.2) is 5.82 Å². The van der Waals surface area contributed by atoms with Gasteiger partial charge >= 0.3 is 0 Å². The lowest BCUT2D eigenvalue weighted by Crippen LogP contribution is -2.18. The molecule has 0 aliphatic carbocycles. The van der Waals surface area contributed by atoms with Crippen LogP contribution in [0.4, 0.5) is 10.1 Å². The van der Waals surface area contributed by atoms with E-state index in [4.69, 9.17) is 0 Å². The smallest absolute Gasteiger partial charge is 0.185 e. The van der Waals surface area contributed by atoms with Crippen LogP contribution in [0.5, 0.6) is 0 Å². The Bertz CT molecular complexity index is 1200. The summed E-state index contributed by atoms with van der Waals surface area (Å²) < 4.78 is 17.6. The first-order chi connectivity index (χ1) is 14.3. The molecule has 4 heterocycles. The molecule has 144 valence electrons. The van der Waals surface area contributed by atoms with Crippen molar-refractivity contribution in [2.45, 2.75) is 19.4 Å². The fourth-order valence-corrected chi connectivity index (χ4v) is 4.50. The minimum Gasteiger partial charge on any atom is -0.372 e. The van der Waals surface area contributed by atoms with Crippen molar-refractivity contribution in [2.24, 2.45) is 0 Å². The molecule has 2 aromatic carbocycles. The Labute approximate surface area is 168 Å². The fourth-order valence-electron chi connectivity index (χ4n) is 4.50. The SMILES string of the molecule is Fc1ccc(-c2cc3n(c2)Cc2cc(N4CCCC4)ccc2-n2cnnc2-3)cc1. The summed E-state index contributed by atoms with van der Waals surface area (Å²) in [7, 11) is 0. The first-order valence-corrected chi connectivity index (χ1v) is 10.0. The summed E-state index contributed by atoms with van der Waals surface area (Å²) >= 11 is 0. The van der Waals surface area contributed by atoms with Crippen LogP contribution < -0.4 is 4.90 Å². The highest BCUT2D eigenvalue weighted by Crippen LogP contribution is 2.35. The number of aromatic nitrogens is 4. The van der Waals surface area contributed by atoms with Crippen molar-refractivity contribution in [3.63, 3.8) is 0 Å². The second-order valence-corrected chi connectivity index (χ2v) is 7.78. The highest BCUT2D eigenvalue weighted by Gasteiger charge is 2.23. The van der Waals surface area contributed by atoms with Gasteiger partial charge in [-0.2, -0.15) is 0 Å². The van der Waals surface area contributed by atoms with Gasteiger partial charge in [0.05, 0.1) is 11.4 Å². The summed E-state index contributed by atoms with van der Waals surface area (Å²) in [4.78, 5) is 2.46. The van der Waals surface area contributed by atoms with Crippen LogP contribution in [0.15, 0.2) is 61.1 Å². The molecule has 1 fully saturated rings. The summed E-state index contributed by atoms with van der Waals surface area (Å²) in [6.45, 7) is 3.01. The van der Waals surface area contributed by atoms with Gasteiger partial charge in [0.25, 0.3) is 0 Å². The van der Waals surface area contributed by atoms with Gasteiger partial charge in [-0.15, -0.1) is 10.2 Å². The van der Waals surface area contributed by atoms with Crippen LogP contribution in [0.3, 0.4) is 0 Å². The molecule has 2 aromatic heterocycles. The van der Waals surface area contributed by atoms with Crippen molar-refractivity contribution in [2.75, 3.05) is 18.0 Å². The van der Waals surface area contributed by atoms with Gasteiger partial charge in [-0.3, -0.25) is 4.57 Å². The predicted molar refractivity (Wildman–Crippen MR) is 111 cm³/mol. The number of hydrogen-bond acceptors (Lipinski definition) is 3. The molecule has 0 N–H and O–H groups in total. The average molecular weight is 385 g/mol. The molecule has 0 spiro atoms. The van der Waals surface area contributed by atoms with E-state index in [1.54, 1.807) is 6.33 Å². The third-order valence-corrected chi connectivity index (χ3v) is 5.99. The minimum absolute atomic E-state index is 0.224. The highest BCUT2D eigenvalue weighted by molar-refractivity contribution is 5.72. The van der Waals surface area contributed by atoms with E-state index in [1.807, 2.05) is 12.1 Å². The third-order valence-electron chi connectivity index (χ3n) is 5.99. The maximum atomic E-state index is 13.3. The summed E-state index contributed by atoms with van der Waals surface area (Å²) in [6, 6.07) is 15.4.